The monoisotopic (exact) mass is 345 g/mol. The van der Waals surface area contributed by atoms with Gasteiger partial charge in [-0.2, -0.15) is 0 Å². The van der Waals surface area contributed by atoms with Crippen LogP contribution in [0.25, 0.3) is 10.8 Å². The summed E-state index contributed by atoms with van der Waals surface area (Å²) in [5.41, 5.74) is 0. The van der Waals surface area contributed by atoms with E-state index in [1.807, 2.05) is 6.20 Å². The van der Waals surface area contributed by atoms with E-state index < -0.39 is 0 Å². The third kappa shape index (κ3) is 2.08. The lowest BCUT2D eigenvalue weighted by Crippen LogP contribution is -2.35. The van der Waals surface area contributed by atoms with E-state index in [0.29, 0.717) is 6.04 Å². The van der Waals surface area contributed by atoms with Crippen LogP contribution in [0.2, 0.25) is 0 Å². The van der Waals surface area contributed by atoms with Gasteiger partial charge in [0.15, 0.2) is 0 Å². The van der Waals surface area contributed by atoms with E-state index in [-0.39, 0.29) is 0 Å². The van der Waals surface area contributed by atoms with Gasteiger partial charge in [-0.25, -0.2) is 4.98 Å². The van der Waals surface area contributed by atoms with Crippen LogP contribution in [0.15, 0.2) is 34.9 Å². The smallest absolute Gasteiger partial charge is 0.136 e. The molecular formula is C17H20BrN3. The van der Waals surface area contributed by atoms with Gasteiger partial charge in [0.1, 0.15) is 5.82 Å². The molecule has 1 aromatic carbocycles. The fraction of sp³-hybridized carbons (Fsp3) is 0.471. The second-order valence-electron chi connectivity index (χ2n) is 6.18. The lowest BCUT2D eigenvalue weighted by Gasteiger charge is -2.29. The van der Waals surface area contributed by atoms with Crippen LogP contribution in [0, 0.1) is 11.8 Å². The Kier molecular flexibility index (Phi) is 3.38. The van der Waals surface area contributed by atoms with Crippen LogP contribution < -0.4 is 10.2 Å². The summed E-state index contributed by atoms with van der Waals surface area (Å²) in [4.78, 5) is 7.30. The van der Waals surface area contributed by atoms with Crippen molar-refractivity contribution in [2.24, 2.45) is 11.8 Å². The predicted molar refractivity (Wildman–Crippen MR) is 90.7 cm³/mol. The SMILES string of the molecule is CCC1C2CNCC2CN1c1nccc2c(Br)cccc12. The van der Waals surface area contributed by atoms with Gasteiger partial charge >= 0.3 is 0 Å². The molecule has 3 unspecified atom stereocenters. The number of fused-ring (bicyclic) bond motifs is 2. The minimum Gasteiger partial charge on any atom is -0.352 e. The standard InChI is InChI=1S/C17H20BrN3/c1-2-16-14-9-19-8-11(14)10-21(16)17-13-4-3-5-15(18)12(13)6-7-20-17/h3-7,11,14,16,19H,2,8-10H2,1H3. The number of pyridine rings is 1. The highest BCUT2D eigenvalue weighted by Crippen LogP contribution is 2.39. The van der Waals surface area contributed by atoms with Crippen molar-refractivity contribution in [2.75, 3.05) is 24.5 Å². The third-order valence-corrected chi connectivity index (χ3v) is 5.83. The van der Waals surface area contributed by atoms with Gasteiger partial charge in [0.05, 0.1) is 0 Å². The number of nitrogens with zero attached hydrogens (tertiary/aromatic N) is 2. The van der Waals surface area contributed by atoms with E-state index >= 15 is 0 Å². The number of rotatable bonds is 2. The molecule has 2 saturated heterocycles. The molecule has 21 heavy (non-hydrogen) atoms. The number of hydrogen-bond donors (Lipinski definition) is 1. The Bertz CT molecular complexity index is 672. The first-order valence-electron chi connectivity index (χ1n) is 7.80. The van der Waals surface area contributed by atoms with E-state index in [0.717, 1.165) is 41.8 Å². The molecule has 2 aromatic rings. The van der Waals surface area contributed by atoms with Gasteiger partial charge in [-0.1, -0.05) is 35.0 Å². The Morgan fingerprint density at radius 1 is 1.29 bits per heavy atom. The van der Waals surface area contributed by atoms with E-state index in [1.54, 1.807) is 0 Å². The number of aromatic nitrogens is 1. The van der Waals surface area contributed by atoms with Gasteiger partial charge in [-0.05, 0) is 30.4 Å². The Hall–Kier alpha value is -1.13. The molecule has 0 bridgehead atoms. The zero-order valence-corrected chi connectivity index (χ0v) is 13.8. The molecule has 0 spiro atoms. The van der Waals surface area contributed by atoms with Crippen molar-refractivity contribution in [2.45, 2.75) is 19.4 Å². The average molecular weight is 346 g/mol. The molecule has 0 radical (unpaired) electrons. The molecule has 2 aliphatic heterocycles. The van der Waals surface area contributed by atoms with Gasteiger partial charge in [-0.15, -0.1) is 0 Å². The zero-order valence-electron chi connectivity index (χ0n) is 12.2. The first-order valence-corrected chi connectivity index (χ1v) is 8.59. The van der Waals surface area contributed by atoms with Crippen LogP contribution in [0.3, 0.4) is 0 Å². The maximum atomic E-state index is 4.74. The fourth-order valence-corrected chi connectivity index (χ4v) is 4.67. The summed E-state index contributed by atoms with van der Waals surface area (Å²) in [7, 11) is 0. The highest BCUT2D eigenvalue weighted by Gasteiger charge is 2.43. The second-order valence-corrected chi connectivity index (χ2v) is 7.03. The molecule has 1 N–H and O–H groups in total. The minimum atomic E-state index is 0.613. The van der Waals surface area contributed by atoms with Crippen LogP contribution in [-0.4, -0.2) is 30.7 Å². The van der Waals surface area contributed by atoms with Crippen LogP contribution in [0.1, 0.15) is 13.3 Å². The first-order chi connectivity index (χ1) is 10.3. The van der Waals surface area contributed by atoms with E-state index in [9.17, 15) is 0 Å². The molecule has 4 heteroatoms. The number of halogens is 1. The van der Waals surface area contributed by atoms with Gasteiger partial charge in [0, 0.05) is 47.1 Å². The fourth-order valence-electron chi connectivity index (χ4n) is 4.17. The molecule has 3 heterocycles. The summed E-state index contributed by atoms with van der Waals surface area (Å²) in [5.74, 6) is 2.72. The van der Waals surface area contributed by atoms with Gasteiger partial charge < -0.3 is 10.2 Å². The maximum absolute atomic E-state index is 4.74. The molecule has 4 rings (SSSR count). The van der Waals surface area contributed by atoms with Gasteiger partial charge in [0.25, 0.3) is 0 Å². The summed E-state index contributed by atoms with van der Waals surface area (Å²) in [6.45, 7) is 5.76. The van der Waals surface area contributed by atoms with Crippen molar-refractivity contribution in [3.8, 4) is 0 Å². The van der Waals surface area contributed by atoms with Crippen molar-refractivity contribution < 1.29 is 0 Å². The number of hydrogen-bond acceptors (Lipinski definition) is 3. The Balaban J connectivity index is 1.81. The average Bonchev–Trinajstić information content (AvgIpc) is 3.07. The summed E-state index contributed by atoms with van der Waals surface area (Å²) in [5, 5.41) is 6.07. The Labute approximate surface area is 133 Å². The molecule has 3 nitrogen and oxygen atoms in total. The van der Waals surface area contributed by atoms with Crippen molar-refractivity contribution >= 4 is 32.5 Å². The summed E-state index contributed by atoms with van der Waals surface area (Å²) >= 11 is 3.66. The van der Waals surface area contributed by atoms with Crippen molar-refractivity contribution in [3.05, 3.63) is 34.9 Å². The van der Waals surface area contributed by atoms with Crippen molar-refractivity contribution in [1.82, 2.24) is 10.3 Å². The van der Waals surface area contributed by atoms with Crippen LogP contribution in [0.5, 0.6) is 0 Å². The third-order valence-electron chi connectivity index (χ3n) is 5.14. The quantitative estimate of drug-likeness (QED) is 0.903. The summed E-state index contributed by atoms with van der Waals surface area (Å²) < 4.78 is 1.15. The molecule has 1 aromatic heterocycles. The molecule has 110 valence electrons. The van der Waals surface area contributed by atoms with Gasteiger partial charge in [-0.3, -0.25) is 0 Å². The predicted octanol–water partition coefficient (Wildman–Crippen LogP) is 3.43. The molecular weight excluding hydrogens is 326 g/mol. The maximum Gasteiger partial charge on any atom is 0.136 e. The minimum absolute atomic E-state index is 0.613. The largest absolute Gasteiger partial charge is 0.352 e. The van der Waals surface area contributed by atoms with E-state index in [2.05, 4.69) is 57.3 Å². The van der Waals surface area contributed by atoms with Crippen molar-refractivity contribution in [1.29, 1.82) is 0 Å². The lowest BCUT2D eigenvalue weighted by atomic mass is 9.93. The molecule has 0 aliphatic carbocycles. The Morgan fingerprint density at radius 2 is 2.19 bits per heavy atom. The highest BCUT2D eigenvalue weighted by atomic mass is 79.9. The lowest BCUT2D eigenvalue weighted by molar-refractivity contribution is 0.441. The molecule has 2 fully saturated rings. The number of anilines is 1. The molecule has 2 aliphatic rings. The number of nitrogens with one attached hydrogen (secondary N) is 1. The summed E-state index contributed by atoms with van der Waals surface area (Å²) in [6, 6.07) is 9.12. The highest BCUT2D eigenvalue weighted by molar-refractivity contribution is 9.10. The van der Waals surface area contributed by atoms with Crippen molar-refractivity contribution in [3.63, 3.8) is 0 Å². The normalized spacial score (nSPS) is 28.3. The summed E-state index contributed by atoms with van der Waals surface area (Å²) in [6.07, 6.45) is 3.14. The molecule has 3 atom stereocenters. The van der Waals surface area contributed by atoms with E-state index in [4.69, 9.17) is 4.98 Å². The number of benzene rings is 1. The van der Waals surface area contributed by atoms with Gasteiger partial charge in [0.2, 0.25) is 0 Å². The van der Waals surface area contributed by atoms with Crippen LogP contribution in [0.4, 0.5) is 5.82 Å². The molecule has 0 saturated carbocycles. The molecule has 0 amide bonds. The second kappa shape index (κ2) is 5.25. The van der Waals surface area contributed by atoms with Crippen LogP contribution >= 0.6 is 15.9 Å². The zero-order chi connectivity index (χ0) is 14.4. The topological polar surface area (TPSA) is 28.2 Å². The Morgan fingerprint density at radius 3 is 3.05 bits per heavy atom. The van der Waals surface area contributed by atoms with Crippen LogP contribution in [-0.2, 0) is 0 Å². The first kappa shape index (κ1) is 13.5. The van der Waals surface area contributed by atoms with E-state index in [1.165, 1.54) is 17.2 Å².